The van der Waals surface area contributed by atoms with Gasteiger partial charge >= 0.3 is 0 Å². The molecule has 1 rings (SSSR count). The van der Waals surface area contributed by atoms with E-state index in [2.05, 4.69) is 0 Å². The van der Waals surface area contributed by atoms with Crippen LogP contribution in [-0.2, 0) is 4.79 Å². The standard InChI is InChI=1S/C13H15NO3/c1-2-11(15)10-8-9(6-7-12(10)16)4-3-5-13(14)17/h3-4,6-8,16H,2,5H2,1H3,(H2,14,17). The minimum absolute atomic E-state index is 0.0242. The summed E-state index contributed by atoms with van der Waals surface area (Å²) in [7, 11) is 0. The van der Waals surface area contributed by atoms with Crippen LogP contribution in [0.5, 0.6) is 5.75 Å². The van der Waals surface area contributed by atoms with E-state index in [-0.39, 0.29) is 18.0 Å². The van der Waals surface area contributed by atoms with Crippen molar-refractivity contribution < 1.29 is 14.7 Å². The van der Waals surface area contributed by atoms with Crippen molar-refractivity contribution in [3.8, 4) is 5.75 Å². The fourth-order valence-electron chi connectivity index (χ4n) is 1.38. The molecule has 0 bridgehead atoms. The largest absolute Gasteiger partial charge is 0.507 e. The molecule has 0 aliphatic carbocycles. The molecular formula is C13H15NO3. The maximum atomic E-state index is 11.5. The number of benzene rings is 1. The van der Waals surface area contributed by atoms with Gasteiger partial charge in [-0.2, -0.15) is 0 Å². The van der Waals surface area contributed by atoms with Crippen molar-refractivity contribution in [1.29, 1.82) is 0 Å². The lowest BCUT2D eigenvalue weighted by atomic mass is 10.0. The highest BCUT2D eigenvalue weighted by Crippen LogP contribution is 2.20. The Kier molecular flexibility index (Phi) is 4.46. The number of phenolic OH excluding ortho intramolecular Hbond substituents is 1. The highest BCUT2D eigenvalue weighted by Gasteiger charge is 2.08. The highest BCUT2D eigenvalue weighted by atomic mass is 16.3. The van der Waals surface area contributed by atoms with Gasteiger partial charge in [0.25, 0.3) is 0 Å². The van der Waals surface area contributed by atoms with Gasteiger partial charge in [-0.1, -0.05) is 25.1 Å². The molecule has 0 unspecified atom stereocenters. The first-order valence-corrected chi connectivity index (χ1v) is 5.35. The monoisotopic (exact) mass is 233 g/mol. The van der Waals surface area contributed by atoms with E-state index in [0.29, 0.717) is 12.0 Å². The summed E-state index contributed by atoms with van der Waals surface area (Å²) >= 11 is 0. The van der Waals surface area contributed by atoms with Crippen LogP contribution < -0.4 is 5.73 Å². The number of carbonyl (C=O) groups excluding carboxylic acids is 2. The third-order valence-electron chi connectivity index (χ3n) is 2.27. The minimum Gasteiger partial charge on any atom is -0.507 e. The molecule has 1 aromatic rings. The fraction of sp³-hybridized carbons (Fsp3) is 0.231. The number of phenols is 1. The van der Waals surface area contributed by atoms with Gasteiger partial charge in [-0.05, 0) is 17.7 Å². The Balaban J connectivity index is 2.92. The lowest BCUT2D eigenvalue weighted by Crippen LogP contribution is -2.07. The Morgan fingerprint density at radius 2 is 2.12 bits per heavy atom. The van der Waals surface area contributed by atoms with Gasteiger partial charge in [-0.25, -0.2) is 0 Å². The minimum atomic E-state index is -0.412. The maximum absolute atomic E-state index is 11.5. The molecule has 3 N–H and O–H groups in total. The van der Waals surface area contributed by atoms with Gasteiger partial charge in [-0.15, -0.1) is 0 Å². The van der Waals surface area contributed by atoms with E-state index in [4.69, 9.17) is 5.73 Å². The first-order valence-electron chi connectivity index (χ1n) is 5.35. The highest BCUT2D eigenvalue weighted by molar-refractivity contribution is 5.98. The zero-order valence-corrected chi connectivity index (χ0v) is 9.64. The molecule has 17 heavy (non-hydrogen) atoms. The van der Waals surface area contributed by atoms with E-state index in [0.717, 1.165) is 5.56 Å². The lowest BCUT2D eigenvalue weighted by molar-refractivity contribution is -0.117. The molecule has 0 spiro atoms. The first-order chi connectivity index (χ1) is 8.04. The maximum Gasteiger partial charge on any atom is 0.221 e. The average Bonchev–Trinajstić information content (AvgIpc) is 2.30. The third kappa shape index (κ3) is 3.75. The normalized spacial score (nSPS) is 10.6. The zero-order valence-electron chi connectivity index (χ0n) is 9.64. The number of aromatic hydroxyl groups is 1. The van der Waals surface area contributed by atoms with Gasteiger partial charge in [0.2, 0.25) is 5.91 Å². The average molecular weight is 233 g/mol. The van der Waals surface area contributed by atoms with Crippen molar-refractivity contribution in [1.82, 2.24) is 0 Å². The molecule has 0 aromatic heterocycles. The number of rotatable bonds is 5. The second-order valence-corrected chi connectivity index (χ2v) is 3.63. The number of nitrogens with two attached hydrogens (primary N) is 1. The molecule has 0 heterocycles. The van der Waals surface area contributed by atoms with Crippen LogP contribution in [0.4, 0.5) is 0 Å². The number of carbonyl (C=O) groups is 2. The van der Waals surface area contributed by atoms with Crippen molar-refractivity contribution >= 4 is 17.8 Å². The fourth-order valence-corrected chi connectivity index (χ4v) is 1.38. The molecule has 90 valence electrons. The molecule has 0 radical (unpaired) electrons. The van der Waals surface area contributed by atoms with E-state index in [1.165, 1.54) is 6.07 Å². The molecule has 1 amide bonds. The van der Waals surface area contributed by atoms with Crippen molar-refractivity contribution in [2.24, 2.45) is 5.73 Å². The topological polar surface area (TPSA) is 80.4 Å². The van der Waals surface area contributed by atoms with Crippen molar-refractivity contribution in [2.45, 2.75) is 19.8 Å². The molecule has 1 aromatic carbocycles. The summed E-state index contributed by atoms with van der Waals surface area (Å²) in [5.74, 6) is -0.554. The smallest absolute Gasteiger partial charge is 0.221 e. The number of hydrogen-bond donors (Lipinski definition) is 2. The van der Waals surface area contributed by atoms with Gasteiger partial charge in [0, 0.05) is 12.8 Å². The van der Waals surface area contributed by atoms with Gasteiger partial charge in [-0.3, -0.25) is 9.59 Å². The Labute approximate surface area is 99.8 Å². The van der Waals surface area contributed by atoms with E-state index in [9.17, 15) is 14.7 Å². The van der Waals surface area contributed by atoms with Gasteiger partial charge < -0.3 is 10.8 Å². The molecule has 4 nitrogen and oxygen atoms in total. The summed E-state index contributed by atoms with van der Waals surface area (Å²) in [5.41, 5.74) is 6.05. The number of amides is 1. The van der Waals surface area contributed by atoms with Crippen molar-refractivity contribution in [3.63, 3.8) is 0 Å². The zero-order chi connectivity index (χ0) is 12.8. The summed E-state index contributed by atoms with van der Waals surface area (Å²) in [6.07, 6.45) is 3.80. The predicted molar refractivity (Wildman–Crippen MR) is 65.6 cm³/mol. The second-order valence-electron chi connectivity index (χ2n) is 3.63. The van der Waals surface area contributed by atoms with Crippen LogP contribution in [0, 0.1) is 0 Å². The van der Waals surface area contributed by atoms with Gasteiger partial charge in [0.1, 0.15) is 5.75 Å². The van der Waals surface area contributed by atoms with Crippen molar-refractivity contribution in [2.75, 3.05) is 0 Å². The Bertz CT molecular complexity index is 464. The van der Waals surface area contributed by atoms with E-state index in [1.54, 1.807) is 31.2 Å². The molecule has 0 saturated heterocycles. The SMILES string of the molecule is CCC(=O)c1cc(C=CCC(N)=O)ccc1O. The van der Waals surface area contributed by atoms with Crippen LogP contribution in [0.25, 0.3) is 6.08 Å². The number of Topliss-reactive ketones (excluding diaryl/α,β-unsaturated/α-hetero) is 1. The van der Waals surface area contributed by atoms with Crippen LogP contribution >= 0.6 is 0 Å². The first kappa shape index (κ1) is 13.0. The van der Waals surface area contributed by atoms with E-state index < -0.39 is 5.91 Å². The molecule has 0 atom stereocenters. The molecule has 0 aliphatic heterocycles. The number of primary amides is 1. The van der Waals surface area contributed by atoms with Crippen LogP contribution in [0.2, 0.25) is 0 Å². The summed E-state index contributed by atoms with van der Waals surface area (Å²) in [5, 5.41) is 9.53. The lowest BCUT2D eigenvalue weighted by Gasteiger charge is -2.03. The van der Waals surface area contributed by atoms with Crippen molar-refractivity contribution in [3.05, 3.63) is 35.4 Å². The molecule has 0 aliphatic rings. The number of hydrogen-bond acceptors (Lipinski definition) is 3. The van der Waals surface area contributed by atoms with E-state index >= 15 is 0 Å². The quantitative estimate of drug-likeness (QED) is 0.762. The van der Waals surface area contributed by atoms with Gasteiger partial charge in [0.05, 0.1) is 5.56 Å². The summed E-state index contributed by atoms with van der Waals surface area (Å²) in [6, 6.07) is 4.73. The van der Waals surface area contributed by atoms with Gasteiger partial charge in [0.15, 0.2) is 5.78 Å². The second kappa shape index (κ2) is 5.84. The Hall–Kier alpha value is -2.10. The van der Waals surface area contributed by atoms with Crippen LogP contribution in [-0.4, -0.2) is 16.8 Å². The van der Waals surface area contributed by atoms with E-state index in [1.807, 2.05) is 0 Å². The Morgan fingerprint density at radius 1 is 1.41 bits per heavy atom. The van der Waals surface area contributed by atoms with Crippen LogP contribution in [0.3, 0.4) is 0 Å². The summed E-state index contributed by atoms with van der Waals surface area (Å²) in [4.78, 5) is 22.1. The number of ketones is 1. The predicted octanol–water partition coefficient (Wildman–Crippen LogP) is 1.87. The molecule has 4 heteroatoms. The third-order valence-corrected chi connectivity index (χ3v) is 2.27. The molecular weight excluding hydrogens is 218 g/mol. The molecule has 0 fully saturated rings. The van der Waals surface area contributed by atoms with Crippen LogP contribution in [0.15, 0.2) is 24.3 Å². The summed E-state index contributed by atoms with van der Waals surface area (Å²) < 4.78 is 0. The Morgan fingerprint density at radius 3 is 2.71 bits per heavy atom. The van der Waals surface area contributed by atoms with Crippen LogP contribution in [0.1, 0.15) is 35.7 Å². The molecule has 0 saturated carbocycles. The summed E-state index contributed by atoms with van der Waals surface area (Å²) in [6.45, 7) is 1.73.